The highest BCUT2D eigenvalue weighted by atomic mass is 35.5. The molecule has 0 aliphatic heterocycles. The van der Waals surface area contributed by atoms with Crippen LogP contribution in [0.1, 0.15) is 10.5 Å². The molecule has 0 spiro atoms. The SMILES string of the molecule is CS(=O)(=O)c1ccc(Sc2ccc(Cl)c(C(=O)O)n2)cc1. The molecule has 110 valence electrons. The number of hydrogen-bond acceptors (Lipinski definition) is 5. The van der Waals surface area contributed by atoms with E-state index in [2.05, 4.69) is 4.98 Å². The maximum absolute atomic E-state index is 11.4. The Balaban J connectivity index is 2.26. The van der Waals surface area contributed by atoms with Crippen molar-refractivity contribution in [3.05, 3.63) is 47.1 Å². The van der Waals surface area contributed by atoms with Gasteiger partial charge in [-0.25, -0.2) is 18.2 Å². The molecule has 0 saturated heterocycles. The highest BCUT2D eigenvalue weighted by Gasteiger charge is 2.12. The van der Waals surface area contributed by atoms with Crippen LogP contribution in [0, 0.1) is 0 Å². The molecule has 0 unspecified atom stereocenters. The van der Waals surface area contributed by atoms with Crippen LogP contribution in [-0.2, 0) is 9.84 Å². The van der Waals surface area contributed by atoms with Crippen molar-refractivity contribution in [1.82, 2.24) is 4.98 Å². The summed E-state index contributed by atoms with van der Waals surface area (Å²) in [6.07, 6.45) is 1.13. The average Bonchev–Trinajstić information content (AvgIpc) is 2.40. The van der Waals surface area contributed by atoms with Gasteiger partial charge in [0.2, 0.25) is 0 Å². The van der Waals surface area contributed by atoms with Gasteiger partial charge in [0.15, 0.2) is 15.5 Å². The van der Waals surface area contributed by atoms with Gasteiger partial charge in [-0.1, -0.05) is 23.4 Å². The van der Waals surface area contributed by atoms with Crippen LogP contribution < -0.4 is 0 Å². The zero-order valence-corrected chi connectivity index (χ0v) is 13.2. The molecule has 1 aromatic heterocycles. The monoisotopic (exact) mass is 343 g/mol. The fourth-order valence-corrected chi connectivity index (χ4v) is 3.11. The average molecular weight is 344 g/mol. The van der Waals surface area contributed by atoms with Crippen molar-refractivity contribution in [1.29, 1.82) is 0 Å². The lowest BCUT2D eigenvalue weighted by atomic mass is 10.3. The molecule has 0 bridgehead atoms. The summed E-state index contributed by atoms with van der Waals surface area (Å²) in [5, 5.41) is 9.49. The van der Waals surface area contributed by atoms with Crippen LogP contribution in [0.2, 0.25) is 5.02 Å². The van der Waals surface area contributed by atoms with Crippen LogP contribution in [0.4, 0.5) is 0 Å². The summed E-state index contributed by atoms with van der Waals surface area (Å²) in [6.45, 7) is 0. The van der Waals surface area contributed by atoms with Gasteiger partial charge in [0.05, 0.1) is 9.92 Å². The second-order valence-corrected chi connectivity index (χ2v) is 7.65. The fraction of sp³-hybridized carbons (Fsp3) is 0.0769. The van der Waals surface area contributed by atoms with Crippen molar-refractivity contribution in [3.63, 3.8) is 0 Å². The van der Waals surface area contributed by atoms with E-state index in [0.29, 0.717) is 5.03 Å². The number of halogens is 1. The second kappa shape index (κ2) is 6.05. The summed E-state index contributed by atoms with van der Waals surface area (Å²) in [5.41, 5.74) is -0.213. The number of hydrogen-bond donors (Lipinski definition) is 1. The summed E-state index contributed by atoms with van der Waals surface area (Å²) < 4.78 is 22.7. The highest BCUT2D eigenvalue weighted by Crippen LogP contribution is 2.28. The quantitative estimate of drug-likeness (QED) is 0.918. The second-order valence-electron chi connectivity index (χ2n) is 4.13. The maximum atomic E-state index is 11.4. The molecule has 0 fully saturated rings. The molecule has 0 aliphatic carbocycles. The Bertz CT molecular complexity index is 788. The smallest absolute Gasteiger partial charge is 0.356 e. The molecule has 0 amide bonds. The topological polar surface area (TPSA) is 84.3 Å². The Morgan fingerprint density at radius 1 is 1.19 bits per heavy atom. The van der Waals surface area contributed by atoms with E-state index in [1.807, 2.05) is 0 Å². The van der Waals surface area contributed by atoms with Crippen LogP contribution in [0.25, 0.3) is 0 Å². The minimum Gasteiger partial charge on any atom is -0.476 e. The van der Waals surface area contributed by atoms with Crippen LogP contribution in [0.15, 0.2) is 51.2 Å². The molecule has 0 atom stereocenters. The standard InChI is InChI=1S/C13H10ClNO4S2/c1-21(18,19)9-4-2-8(3-5-9)20-11-7-6-10(14)12(15-11)13(16)17/h2-7H,1H3,(H,16,17). The molecular formula is C13H10ClNO4S2. The molecule has 2 aromatic rings. The predicted molar refractivity (Wildman–Crippen MR) is 79.9 cm³/mol. The Morgan fingerprint density at radius 3 is 2.33 bits per heavy atom. The molecule has 5 nitrogen and oxygen atoms in total. The largest absolute Gasteiger partial charge is 0.476 e. The van der Waals surface area contributed by atoms with Gasteiger partial charge >= 0.3 is 5.97 Å². The van der Waals surface area contributed by atoms with Crippen LogP contribution in [0.3, 0.4) is 0 Å². The first-order valence-electron chi connectivity index (χ1n) is 5.65. The van der Waals surface area contributed by atoms with Crippen molar-refractivity contribution >= 4 is 39.2 Å². The van der Waals surface area contributed by atoms with Crippen LogP contribution >= 0.6 is 23.4 Å². The molecular weight excluding hydrogens is 334 g/mol. The maximum Gasteiger partial charge on any atom is 0.356 e. The molecule has 21 heavy (non-hydrogen) atoms. The first-order chi connectivity index (χ1) is 9.77. The van der Waals surface area contributed by atoms with Crippen LogP contribution in [0.5, 0.6) is 0 Å². The van der Waals surface area contributed by atoms with Gasteiger partial charge in [0.1, 0.15) is 5.03 Å². The van der Waals surface area contributed by atoms with E-state index in [4.69, 9.17) is 16.7 Å². The van der Waals surface area contributed by atoms with E-state index in [1.165, 1.54) is 30.0 Å². The van der Waals surface area contributed by atoms with E-state index in [1.54, 1.807) is 18.2 Å². The first kappa shape index (κ1) is 15.8. The number of benzene rings is 1. The van der Waals surface area contributed by atoms with Gasteiger partial charge in [-0.3, -0.25) is 0 Å². The van der Waals surface area contributed by atoms with E-state index < -0.39 is 15.8 Å². The minimum absolute atomic E-state index is 0.0688. The summed E-state index contributed by atoms with van der Waals surface area (Å²) >= 11 is 6.97. The number of carboxylic acid groups (broad SMARTS) is 1. The number of aromatic carboxylic acids is 1. The molecule has 1 N–H and O–H groups in total. The molecule has 8 heteroatoms. The lowest BCUT2D eigenvalue weighted by Crippen LogP contribution is -2.01. The van der Waals surface area contributed by atoms with Gasteiger partial charge in [0, 0.05) is 11.2 Å². The number of sulfone groups is 1. The van der Waals surface area contributed by atoms with Crippen molar-refractivity contribution < 1.29 is 18.3 Å². The van der Waals surface area contributed by atoms with Crippen LogP contribution in [-0.4, -0.2) is 30.7 Å². The van der Waals surface area contributed by atoms with Gasteiger partial charge in [-0.15, -0.1) is 0 Å². The zero-order chi connectivity index (χ0) is 15.6. The Hall–Kier alpha value is -1.57. The third-order valence-electron chi connectivity index (χ3n) is 2.50. The molecule has 1 aromatic carbocycles. The number of carbonyl (C=O) groups is 1. The normalized spacial score (nSPS) is 11.3. The highest BCUT2D eigenvalue weighted by molar-refractivity contribution is 7.99. The van der Waals surface area contributed by atoms with E-state index in [0.717, 1.165) is 11.2 Å². The molecule has 0 saturated carbocycles. The minimum atomic E-state index is -3.24. The number of nitrogens with zero attached hydrogens (tertiary/aromatic N) is 1. The fourth-order valence-electron chi connectivity index (χ4n) is 1.51. The Kier molecular flexibility index (Phi) is 4.55. The molecule has 0 radical (unpaired) electrons. The number of carboxylic acids is 1. The van der Waals surface area contributed by atoms with Crippen molar-refractivity contribution in [2.75, 3.05) is 6.26 Å². The third kappa shape index (κ3) is 3.96. The van der Waals surface area contributed by atoms with Crippen molar-refractivity contribution in [2.45, 2.75) is 14.8 Å². The van der Waals surface area contributed by atoms with E-state index in [9.17, 15) is 13.2 Å². The van der Waals surface area contributed by atoms with Gasteiger partial charge in [-0.05, 0) is 36.4 Å². The first-order valence-corrected chi connectivity index (χ1v) is 8.74. The molecule has 1 heterocycles. The predicted octanol–water partition coefficient (Wildman–Crippen LogP) is 2.99. The van der Waals surface area contributed by atoms with Gasteiger partial charge < -0.3 is 5.11 Å². The summed E-state index contributed by atoms with van der Waals surface area (Å²) in [4.78, 5) is 15.9. The summed E-state index contributed by atoms with van der Waals surface area (Å²) in [5.74, 6) is -1.20. The van der Waals surface area contributed by atoms with Gasteiger partial charge in [-0.2, -0.15) is 0 Å². The zero-order valence-electron chi connectivity index (χ0n) is 10.8. The molecule has 2 rings (SSSR count). The number of rotatable bonds is 4. The summed E-state index contributed by atoms with van der Waals surface area (Å²) in [7, 11) is -3.24. The van der Waals surface area contributed by atoms with Crippen molar-refractivity contribution in [2.24, 2.45) is 0 Å². The third-order valence-corrected chi connectivity index (χ3v) is 4.88. The Morgan fingerprint density at radius 2 is 1.81 bits per heavy atom. The molecule has 0 aliphatic rings. The lowest BCUT2D eigenvalue weighted by Gasteiger charge is -2.04. The van der Waals surface area contributed by atoms with E-state index >= 15 is 0 Å². The Labute approximate surface area is 130 Å². The summed E-state index contributed by atoms with van der Waals surface area (Å²) in [6, 6.07) is 9.32. The number of aromatic nitrogens is 1. The number of pyridine rings is 1. The van der Waals surface area contributed by atoms with Crippen molar-refractivity contribution in [3.8, 4) is 0 Å². The van der Waals surface area contributed by atoms with E-state index in [-0.39, 0.29) is 15.6 Å². The van der Waals surface area contributed by atoms with Gasteiger partial charge in [0.25, 0.3) is 0 Å². The lowest BCUT2D eigenvalue weighted by molar-refractivity contribution is 0.0690.